The van der Waals surface area contributed by atoms with Gasteiger partial charge < -0.3 is 13.9 Å². The maximum Gasteiger partial charge on any atom is 0.227 e. The maximum atomic E-state index is 6.61. The van der Waals surface area contributed by atoms with Crippen molar-refractivity contribution in [3.8, 4) is 28.3 Å². The lowest BCUT2D eigenvalue weighted by Gasteiger charge is -2.27. The lowest BCUT2D eigenvalue weighted by atomic mass is 9.99. The summed E-state index contributed by atoms with van der Waals surface area (Å²) in [6.07, 6.45) is 0. The topological polar surface area (TPSA) is 34.2 Å². The first-order chi connectivity index (χ1) is 27.3. The van der Waals surface area contributed by atoms with Crippen molar-refractivity contribution in [3.05, 3.63) is 200 Å². The highest BCUT2D eigenvalue weighted by Gasteiger charge is 2.20. The van der Waals surface area contributed by atoms with E-state index in [-0.39, 0.29) is 0 Å². The van der Waals surface area contributed by atoms with E-state index in [1.54, 1.807) is 0 Å². The van der Waals surface area contributed by atoms with E-state index in [0.29, 0.717) is 5.89 Å². The second-order valence-corrected chi connectivity index (χ2v) is 14.0. The van der Waals surface area contributed by atoms with Gasteiger partial charge in [-0.3, -0.25) is 0 Å². The van der Waals surface area contributed by atoms with E-state index in [4.69, 9.17) is 9.40 Å². The molecule has 0 spiro atoms. The number of hydrogen-bond acceptors (Lipinski definition) is 3. The molecule has 55 heavy (non-hydrogen) atoms. The van der Waals surface area contributed by atoms with E-state index in [1.807, 2.05) is 30.3 Å². The Hall–Kier alpha value is -7.43. The quantitative estimate of drug-likeness (QED) is 0.162. The Morgan fingerprint density at radius 1 is 0.418 bits per heavy atom. The first-order valence-electron chi connectivity index (χ1n) is 18.6. The largest absolute Gasteiger partial charge is 0.435 e. The van der Waals surface area contributed by atoms with Crippen molar-refractivity contribution in [1.82, 2.24) is 9.55 Å². The van der Waals surface area contributed by atoms with Gasteiger partial charge >= 0.3 is 0 Å². The Bertz CT molecular complexity index is 3200. The van der Waals surface area contributed by atoms with Gasteiger partial charge in [-0.2, -0.15) is 0 Å². The van der Waals surface area contributed by atoms with Gasteiger partial charge in [-0.15, -0.1) is 0 Å². The van der Waals surface area contributed by atoms with Gasteiger partial charge in [-0.25, -0.2) is 4.98 Å². The van der Waals surface area contributed by atoms with Crippen molar-refractivity contribution in [2.24, 2.45) is 0 Å². The second-order valence-electron chi connectivity index (χ2n) is 14.0. The molecule has 2 aromatic heterocycles. The summed E-state index contributed by atoms with van der Waals surface area (Å²) in [5.74, 6) is 0.624. The van der Waals surface area contributed by atoms with Crippen molar-refractivity contribution in [2.75, 3.05) is 4.90 Å². The Morgan fingerprint density at radius 2 is 1.02 bits per heavy atom. The van der Waals surface area contributed by atoms with Crippen LogP contribution in [-0.4, -0.2) is 9.55 Å². The average molecular weight is 704 g/mol. The summed E-state index contributed by atoms with van der Waals surface area (Å²) in [5, 5.41) is 6.84. The van der Waals surface area contributed by atoms with Gasteiger partial charge in [-0.1, -0.05) is 121 Å². The molecule has 0 N–H and O–H groups in total. The molecule has 2 heterocycles. The number of oxazole rings is 1. The molecule has 0 radical (unpaired) electrons. The fourth-order valence-electron chi connectivity index (χ4n) is 8.21. The molecule has 0 atom stereocenters. The molecule has 11 aromatic rings. The third-order valence-corrected chi connectivity index (χ3v) is 10.8. The van der Waals surface area contributed by atoms with Crippen molar-refractivity contribution in [2.45, 2.75) is 0 Å². The van der Waals surface area contributed by atoms with Crippen LogP contribution in [-0.2, 0) is 0 Å². The third kappa shape index (κ3) is 5.19. The van der Waals surface area contributed by atoms with E-state index in [9.17, 15) is 0 Å². The molecule has 0 bridgehead atoms. The van der Waals surface area contributed by atoms with Crippen LogP contribution in [0.1, 0.15) is 0 Å². The van der Waals surface area contributed by atoms with E-state index < -0.39 is 0 Å². The average Bonchev–Trinajstić information content (AvgIpc) is 3.84. The van der Waals surface area contributed by atoms with Crippen LogP contribution in [0.2, 0.25) is 0 Å². The van der Waals surface area contributed by atoms with Crippen LogP contribution >= 0.6 is 0 Å². The van der Waals surface area contributed by atoms with Crippen molar-refractivity contribution < 1.29 is 4.42 Å². The van der Waals surface area contributed by atoms with E-state index >= 15 is 0 Å². The second kappa shape index (κ2) is 12.6. The Balaban J connectivity index is 1.16. The number of rotatable bonds is 6. The lowest BCUT2D eigenvalue weighted by Crippen LogP contribution is -2.10. The highest BCUT2D eigenvalue weighted by molar-refractivity contribution is 6.19. The molecule has 11 rings (SSSR count). The number of aromatic nitrogens is 2. The lowest BCUT2D eigenvalue weighted by molar-refractivity contribution is 0.623. The van der Waals surface area contributed by atoms with Crippen LogP contribution in [0.3, 0.4) is 0 Å². The minimum absolute atomic E-state index is 0.624. The molecule has 0 aliphatic rings. The van der Waals surface area contributed by atoms with Crippen LogP contribution in [0.4, 0.5) is 17.1 Å². The Morgan fingerprint density at radius 3 is 1.84 bits per heavy atom. The molecular weight excluding hydrogens is 671 g/mol. The first-order valence-corrected chi connectivity index (χ1v) is 18.6. The summed E-state index contributed by atoms with van der Waals surface area (Å²) in [6, 6.07) is 71.1. The standard InChI is InChI=1S/C51H33N3O/c1-4-13-34(14-5-1)38-17-12-20-40(31-38)53(42-28-30-48-45(33-42)43-21-10-11-22-47(43)54(48)39-18-8-3-9-19-39)41-27-25-35-23-24-36-26-29-46-50(49(36)44(35)32-41)55-51(52-46)37-15-6-2-7-16-37/h1-33H. The number of fused-ring (bicyclic) bond motifs is 8. The molecule has 258 valence electrons. The number of anilines is 3. The molecule has 0 saturated heterocycles. The van der Waals surface area contributed by atoms with Gasteiger partial charge in [0.2, 0.25) is 5.89 Å². The molecular formula is C51H33N3O. The van der Waals surface area contributed by atoms with Crippen LogP contribution < -0.4 is 4.90 Å². The number of para-hydroxylation sites is 2. The highest BCUT2D eigenvalue weighted by atomic mass is 16.3. The van der Waals surface area contributed by atoms with E-state index in [1.165, 1.54) is 27.4 Å². The summed E-state index contributed by atoms with van der Waals surface area (Å²) >= 11 is 0. The van der Waals surface area contributed by atoms with Crippen LogP contribution in [0.25, 0.3) is 82.7 Å². The van der Waals surface area contributed by atoms with Gasteiger partial charge in [0, 0.05) is 44.5 Å². The smallest absolute Gasteiger partial charge is 0.227 e. The van der Waals surface area contributed by atoms with Crippen molar-refractivity contribution in [3.63, 3.8) is 0 Å². The Labute approximate surface area is 317 Å². The van der Waals surface area contributed by atoms with Crippen LogP contribution in [0.15, 0.2) is 205 Å². The summed E-state index contributed by atoms with van der Waals surface area (Å²) in [6.45, 7) is 0. The molecule has 0 aliphatic heterocycles. The zero-order valence-electron chi connectivity index (χ0n) is 29.8. The molecule has 0 aliphatic carbocycles. The zero-order valence-corrected chi connectivity index (χ0v) is 29.8. The molecule has 0 saturated carbocycles. The number of benzene rings is 9. The van der Waals surface area contributed by atoms with Gasteiger partial charge in [-0.05, 0) is 106 Å². The van der Waals surface area contributed by atoms with Gasteiger partial charge in [0.05, 0.1) is 11.0 Å². The summed E-state index contributed by atoms with van der Waals surface area (Å²) in [4.78, 5) is 7.31. The summed E-state index contributed by atoms with van der Waals surface area (Å²) < 4.78 is 8.98. The minimum atomic E-state index is 0.624. The van der Waals surface area contributed by atoms with Crippen molar-refractivity contribution >= 4 is 71.5 Å². The van der Waals surface area contributed by atoms with Crippen LogP contribution in [0.5, 0.6) is 0 Å². The molecule has 0 fully saturated rings. The zero-order chi connectivity index (χ0) is 36.3. The molecule has 4 heteroatoms. The fraction of sp³-hybridized carbons (Fsp3) is 0. The van der Waals surface area contributed by atoms with Gasteiger partial charge in [0.25, 0.3) is 0 Å². The fourth-order valence-corrected chi connectivity index (χ4v) is 8.21. The van der Waals surface area contributed by atoms with E-state index in [2.05, 4.69) is 179 Å². The predicted molar refractivity (Wildman–Crippen MR) is 229 cm³/mol. The maximum absolute atomic E-state index is 6.61. The molecule has 0 unspecified atom stereocenters. The van der Waals surface area contributed by atoms with Gasteiger partial charge in [0.15, 0.2) is 5.58 Å². The third-order valence-electron chi connectivity index (χ3n) is 10.8. The van der Waals surface area contributed by atoms with Crippen molar-refractivity contribution in [1.29, 1.82) is 0 Å². The molecule has 0 amide bonds. The molecule has 9 aromatic carbocycles. The summed E-state index contributed by atoms with van der Waals surface area (Å²) in [7, 11) is 0. The number of hydrogen-bond donors (Lipinski definition) is 0. The van der Waals surface area contributed by atoms with Gasteiger partial charge in [0.1, 0.15) is 5.52 Å². The first kappa shape index (κ1) is 31.1. The SMILES string of the molecule is c1ccc(-c2cccc(N(c3ccc4ccc5ccc6nc(-c7ccccc7)oc6c5c4c3)c3ccc4c(c3)c3ccccc3n4-c3ccccc3)c2)cc1. The number of nitrogens with zero attached hydrogens (tertiary/aromatic N) is 3. The normalized spacial score (nSPS) is 11.6. The predicted octanol–water partition coefficient (Wildman–Crippen LogP) is 14.0. The Kier molecular flexibility index (Phi) is 7.14. The van der Waals surface area contributed by atoms with Crippen LogP contribution in [0, 0.1) is 0 Å². The minimum Gasteiger partial charge on any atom is -0.435 e. The van der Waals surface area contributed by atoms with E-state index in [0.717, 1.165) is 66.5 Å². The molecule has 4 nitrogen and oxygen atoms in total. The summed E-state index contributed by atoms with van der Waals surface area (Å²) in [5.41, 5.74) is 11.6. The monoisotopic (exact) mass is 703 g/mol. The highest BCUT2D eigenvalue weighted by Crippen LogP contribution is 2.43.